The van der Waals surface area contributed by atoms with E-state index in [1.54, 1.807) is 24.3 Å². The van der Waals surface area contributed by atoms with E-state index in [4.69, 9.17) is 14.2 Å². The lowest BCUT2D eigenvalue weighted by molar-refractivity contribution is -0.157. The van der Waals surface area contributed by atoms with E-state index in [1.165, 1.54) is 0 Å². The Bertz CT molecular complexity index is 783. The summed E-state index contributed by atoms with van der Waals surface area (Å²) in [7, 11) is 0. The topological polar surface area (TPSA) is 90.9 Å². The molecule has 3 aliphatic rings. The van der Waals surface area contributed by atoms with Crippen molar-refractivity contribution in [2.75, 3.05) is 18.5 Å². The third-order valence-corrected chi connectivity index (χ3v) is 6.80. The van der Waals surface area contributed by atoms with Gasteiger partial charge in [-0.1, -0.05) is 28.1 Å². The van der Waals surface area contributed by atoms with Crippen molar-refractivity contribution in [2.45, 2.75) is 24.3 Å². The van der Waals surface area contributed by atoms with Crippen molar-refractivity contribution in [3.8, 4) is 5.75 Å². The molecule has 1 aromatic carbocycles. The Morgan fingerprint density at radius 3 is 2.85 bits per heavy atom. The summed E-state index contributed by atoms with van der Waals surface area (Å²) >= 11 is 3.55. The van der Waals surface area contributed by atoms with Gasteiger partial charge in [-0.15, -0.1) is 0 Å². The molecular weight excluding hydrogens is 418 g/mol. The molecule has 2 saturated carbocycles. The smallest absolute Gasteiger partial charge is 0.310 e. The normalized spacial score (nSPS) is 32.9. The van der Waals surface area contributed by atoms with Gasteiger partial charge in [0.25, 0.3) is 5.91 Å². The van der Waals surface area contributed by atoms with Gasteiger partial charge in [-0.2, -0.15) is 0 Å². The molecule has 1 heterocycles. The molecule has 4 rings (SSSR count). The average molecular weight is 438 g/mol. The first-order valence-corrected chi connectivity index (χ1v) is 9.95. The Morgan fingerprint density at radius 2 is 2.07 bits per heavy atom. The number of rotatable bonds is 6. The molecule has 0 spiro atoms. The first-order chi connectivity index (χ1) is 13.0. The fourth-order valence-electron chi connectivity index (χ4n) is 4.56. The molecule has 1 aliphatic heterocycles. The van der Waals surface area contributed by atoms with Gasteiger partial charge in [-0.25, -0.2) is 0 Å². The number of ether oxygens (including phenoxy) is 3. The molecule has 27 heavy (non-hydrogen) atoms. The highest BCUT2D eigenvalue weighted by Gasteiger charge is 2.68. The van der Waals surface area contributed by atoms with Gasteiger partial charge in [-0.05, 0) is 31.4 Å². The van der Waals surface area contributed by atoms with Crippen molar-refractivity contribution in [1.82, 2.24) is 0 Å². The Kier molecular flexibility index (Phi) is 4.84. The van der Waals surface area contributed by atoms with Crippen LogP contribution in [0.15, 0.2) is 24.3 Å². The fourth-order valence-corrected chi connectivity index (χ4v) is 5.61. The second kappa shape index (κ2) is 7.14. The van der Waals surface area contributed by atoms with E-state index in [9.17, 15) is 14.4 Å². The largest absolute Gasteiger partial charge is 0.492 e. The molecule has 0 radical (unpaired) electrons. The van der Waals surface area contributed by atoms with Crippen LogP contribution in [0, 0.1) is 23.7 Å². The van der Waals surface area contributed by atoms with Crippen LogP contribution in [0.5, 0.6) is 5.75 Å². The minimum Gasteiger partial charge on any atom is -0.492 e. The fraction of sp³-hybridized carbons (Fsp3) is 0.526. The highest BCUT2D eigenvalue weighted by atomic mass is 79.9. The van der Waals surface area contributed by atoms with Crippen LogP contribution in [-0.2, 0) is 23.9 Å². The van der Waals surface area contributed by atoms with Crippen molar-refractivity contribution in [3.05, 3.63) is 24.3 Å². The summed E-state index contributed by atoms with van der Waals surface area (Å²) in [5, 5.41) is 2.68. The number of fused-ring (bicyclic) bond motifs is 1. The van der Waals surface area contributed by atoms with Gasteiger partial charge in [0.1, 0.15) is 11.9 Å². The van der Waals surface area contributed by atoms with Crippen molar-refractivity contribution in [1.29, 1.82) is 0 Å². The van der Waals surface area contributed by atoms with Gasteiger partial charge < -0.3 is 19.5 Å². The number of halogens is 1. The molecule has 2 aliphatic carbocycles. The minimum absolute atomic E-state index is 0.00527. The van der Waals surface area contributed by atoms with Crippen molar-refractivity contribution in [2.24, 2.45) is 23.7 Å². The van der Waals surface area contributed by atoms with Crippen molar-refractivity contribution >= 4 is 39.5 Å². The highest BCUT2D eigenvalue weighted by molar-refractivity contribution is 9.09. The van der Waals surface area contributed by atoms with Gasteiger partial charge >= 0.3 is 11.9 Å². The number of anilines is 1. The van der Waals surface area contributed by atoms with Gasteiger partial charge in [0.05, 0.1) is 29.0 Å². The number of carbonyl (C=O) groups excluding carboxylic acids is 3. The van der Waals surface area contributed by atoms with Crippen molar-refractivity contribution in [3.63, 3.8) is 0 Å². The SMILES string of the molecule is CCOc1ccccc1NC(=O)COC(=O)[C@@H]1[C@H]2C[C@H]3[C@H](OC(=O)[C@@H]31)[C@H]2Br. The Balaban J connectivity index is 1.36. The molecule has 7 nitrogen and oxygen atoms in total. The monoisotopic (exact) mass is 437 g/mol. The number of para-hydroxylation sites is 2. The van der Waals surface area contributed by atoms with E-state index >= 15 is 0 Å². The number of hydrogen-bond donors (Lipinski definition) is 1. The zero-order valence-corrected chi connectivity index (χ0v) is 16.3. The van der Waals surface area contributed by atoms with Crippen LogP contribution in [0.25, 0.3) is 0 Å². The number of amides is 1. The average Bonchev–Trinajstić information content (AvgIpc) is 3.26. The Morgan fingerprint density at radius 1 is 1.30 bits per heavy atom. The van der Waals surface area contributed by atoms with Gasteiger partial charge in [0.15, 0.2) is 6.61 Å². The van der Waals surface area contributed by atoms with Gasteiger partial charge in [0, 0.05) is 5.92 Å². The molecule has 8 heteroatoms. The molecular formula is C19H20BrNO6. The molecule has 1 aromatic rings. The molecule has 144 valence electrons. The zero-order valence-electron chi connectivity index (χ0n) is 14.7. The second-order valence-corrected chi connectivity index (χ2v) is 8.10. The van der Waals surface area contributed by atoms with E-state index in [0.29, 0.717) is 18.0 Å². The van der Waals surface area contributed by atoms with Crippen LogP contribution < -0.4 is 10.1 Å². The maximum absolute atomic E-state index is 12.6. The number of esters is 2. The molecule has 0 unspecified atom stereocenters. The maximum atomic E-state index is 12.6. The molecule has 1 N–H and O–H groups in total. The summed E-state index contributed by atoms with van der Waals surface area (Å²) in [6.07, 6.45) is 0.625. The van der Waals surface area contributed by atoms with Crippen molar-refractivity contribution < 1.29 is 28.6 Å². The van der Waals surface area contributed by atoms with Crippen LogP contribution in [0.2, 0.25) is 0 Å². The molecule has 2 bridgehead atoms. The summed E-state index contributed by atoms with van der Waals surface area (Å²) in [6, 6.07) is 7.04. The summed E-state index contributed by atoms with van der Waals surface area (Å²) < 4.78 is 16.1. The lowest BCUT2D eigenvalue weighted by Crippen LogP contribution is -2.39. The van der Waals surface area contributed by atoms with Crippen LogP contribution >= 0.6 is 15.9 Å². The van der Waals surface area contributed by atoms with Gasteiger partial charge in [-0.3, -0.25) is 14.4 Å². The van der Waals surface area contributed by atoms with Crippen LogP contribution in [0.4, 0.5) is 5.69 Å². The number of nitrogens with one attached hydrogen (secondary N) is 1. The zero-order chi connectivity index (χ0) is 19.1. The predicted octanol–water partition coefficient (Wildman–Crippen LogP) is 2.14. The molecule has 1 amide bonds. The Hall–Kier alpha value is -2.09. The number of hydrogen-bond acceptors (Lipinski definition) is 6. The maximum Gasteiger partial charge on any atom is 0.310 e. The molecule has 6 atom stereocenters. The first-order valence-electron chi connectivity index (χ1n) is 9.04. The third kappa shape index (κ3) is 3.09. The van der Waals surface area contributed by atoms with Gasteiger partial charge in [0.2, 0.25) is 0 Å². The number of benzene rings is 1. The summed E-state index contributed by atoms with van der Waals surface area (Å²) in [6.45, 7) is 1.91. The number of alkyl halides is 1. The summed E-state index contributed by atoms with van der Waals surface area (Å²) in [5.74, 6) is -1.66. The standard InChI is InChI=1S/C19H20BrNO6/c1-2-25-12-6-4-3-5-11(12)21-13(22)8-26-18(23)14-9-7-10-15(14)19(24)27-17(10)16(9)20/h3-6,9-10,14-17H,2,7-8H2,1H3,(H,21,22)/t9-,10-,14-,15+,16+,17+/m1/s1. The van der Waals surface area contributed by atoms with Crippen LogP contribution in [0.3, 0.4) is 0 Å². The Labute approximate surface area is 164 Å². The van der Waals surface area contributed by atoms with E-state index in [1.807, 2.05) is 6.92 Å². The minimum atomic E-state index is -0.547. The lowest BCUT2D eigenvalue weighted by Gasteiger charge is -2.26. The van der Waals surface area contributed by atoms with E-state index < -0.39 is 30.3 Å². The van der Waals surface area contributed by atoms with Crippen LogP contribution in [0.1, 0.15) is 13.3 Å². The molecule has 0 aromatic heterocycles. The second-order valence-electron chi connectivity index (χ2n) is 7.05. The summed E-state index contributed by atoms with van der Waals surface area (Å²) in [4.78, 5) is 36.8. The van der Waals surface area contributed by atoms with Crippen LogP contribution in [-0.4, -0.2) is 42.0 Å². The van der Waals surface area contributed by atoms with E-state index in [-0.39, 0.29) is 28.7 Å². The predicted molar refractivity (Wildman–Crippen MR) is 98.4 cm³/mol. The number of carbonyl (C=O) groups is 3. The van der Waals surface area contributed by atoms with E-state index in [0.717, 1.165) is 6.42 Å². The quantitative estimate of drug-likeness (QED) is 0.541. The lowest BCUT2D eigenvalue weighted by atomic mass is 9.80. The molecule has 1 saturated heterocycles. The highest BCUT2D eigenvalue weighted by Crippen LogP contribution is 2.60. The van der Waals surface area contributed by atoms with E-state index in [2.05, 4.69) is 21.2 Å². The molecule has 3 fully saturated rings. The summed E-state index contributed by atoms with van der Waals surface area (Å²) in [5.41, 5.74) is 0.517. The third-order valence-electron chi connectivity index (χ3n) is 5.60. The first kappa shape index (κ1) is 18.3.